The van der Waals surface area contributed by atoms with Gasteiger partial charge in [-0.05, 0) is 37.5 Å². The first-order chi connectivity index (χ1) is 14.1. The first-order valence-electron chi connectivity index (χ1n) is 10.8. The molecule has 0 unspecified atom stereocenters. The number of pyridine rings is 1. The van der Waals surface area contributed by atoms with E-state index in [9.17, 15) is 10.2 Å². The van der Waals surface area contributed by atoms with E-state index in [2.05, 4.69) is 9.97 Å². The Labute approximate surface area is 171 Å². The minimum Gasteiger partial charge on any atom is -0.474 e. The average Bonchev–Trinajstić information content (AvgIpc) is 2.75. The number of rotatable bonds is 6. The van der Waals surface area contributed by atoms with Crippen LogP contribution in [0.15, 0.2) is 12.4 Å². The Morgan fingerprint density at radius 3 is 2.59 bits per heavy atom. The monoisotopic (exact) mass is 401 g/mol. The normalized spacial score (nSPS) is 24.5. The van der Waals surface area contributed by atoms with E-state index in [1.54, 1.807) is 0 Å². The van der Waals surface area contributed by atoms with Gasteiger partial charge in [-0.15, -0.1) is 0 Å². The third kappa shape index (κ3) is 4.85. The molecule has 7 heteroatoms. The summed E-state index contributed by atoms with van der Waals surface area (Å²) in [6.07, 6.45) is 9.48. The van der Waals surface area contributed by atoms with Gasteiger partial charge in [-0.25, -0.2) is 15.0 Å². The fourth-order valence-corrected chi connectivity index (χ4v) is 4.26. The molecule has 1 atom stereocenters. The predicted octanol–water partition coefficient (Wildman–Crippen LogP) is 2.77. The Morgan fingerprint density at radius 1 is 1.10 bits per heavy atom. The SMILES string of the molecule is C[C@@H](CO)Cc1ncc2c(OC3CCOCC3)ncc(C3CCC(O)CC3)c2n1. The van der Waals surface area contributed by atoms with Crippen LogP contribution in [0.5, 0.6) is 5.88 Å². The second-order valence-corrected chi connectivity index (χ2v) is 8.49. The van der Waals surface area contributed by atoms with Gasteiger partial charge in [0, 0.05) is 43.8 Å². The molecule has 1 saturated heterocycles. The molecule has 1 saturated carbocycles. The van der Waals surface area contributed by atoms with Crippen molar-refractivity contribution in [2.24, 2.45) is 5.92 Å². The lowest BCUT2D eigenvalue weighted by Crippen LogP contribution is -2.26. The van der Waals surface area contributed by atoms with Crippen molar-refractivity contribution >= 4 is 10.9 Å². The molecule has 0 radical (unpaired) electrons. The van der Waals surface area contributed by atoms with E-state index >= 15 is 0 Å². The summed E-state index contributed by atoms with van der Waals surface area (Å²) in [5, 5.41) is 20.1. The lowest BCUT2D eigenvalue weighted by molar-refractivity contribution is 0.0244. The maximum atomic E-state index is 9.89. The molecule has 3 heterocycles. The molecule has 0 bridgehead atoms. The zero-order valence-corrected chi connectivity index (χ0v) is 17.1. The number of nitrogens with zero attached hydrogens (tertiary/aromatic N) is 3. The van der Waals surface area contributed by atoms with Gasteiger partial charge < -0.3 is 19.7 Å². The van der Waals surface area contributed by atoms with Crippen molar-refractivity contribution < 1.29 is 19.7 Å². The van der Waals surface area contributed by atoms with Crippen molar-refractivity contribution in [3.8, 4) is 5.88 Å². The molecule has 2 aromatic rings. The molecular weight excluding hydrogens is 370 g/mol. The van der Waals surface area contributed by atoms with Crippen LogP contribution in [0.25, 0.3) is 10.9 Å². The largest absolute Gasteiger partial charge is 0.474 e. The Hall–Kier alpha value is -1.83. The maximum absolute atomic E-state index is 9.89. The summed E-state index contributed by atoms with van der Waals surface area (Å²) in [6.45, 7) is 3.53. The van der Waals surface area contributed by atoms with Gasteiger partial charge in [0.2, 0.25) is 5.88 Å². The van der Waals surface area contributed by atoms with Gasteiger partial charge >= 0.3 is 0 Å². The zero-order chi connectivity index (χ0) is 20.2. The van der Waals surface area contributed by atoms with E-state index in [1.165, 1.54) is 0 Å². The van der Waals surface area contributed by atoms with Crippen molar-refractivity contribution in [3.63, 3.8) is 0 Å². The fourth-order valence-electron chi connectivity index (χ4n) is 4.26. The molecule has 2 aromatic heterocycles. The number of fused-ring (bicyclic) bond motifs is 1. The lowest BCUT2D eigenvalue weighted by Gasteiger charge is -2.27. The highest BCUT2D eigenvalue weighted by Crippen LogP contribution is 2.37. The second-order valence-electron chi connectivity index (χ2n) is 8.49. The maximum Gasteiger partial charge on any atom is 0.224 e. The van der Waals surface area contributed by atoms with E-state index in [0.29, 0.717) is 31.4 Å². The van der Waals surface area contributed by atoms with E-state index in [1.807, 2.05) is 19.3 Å². The molecule has 158 valence electrons. The smallest absolute Gasteiger partial charge is 0.224 e. The van der Waals surface area contributed by atoms with Crippen LogP contribution in [-0.4, -0.2) is 57.2 Å². The number of ether oxygens (including phenoxy) is 2. The molecule has 29 heavy (non-hydrogen) atoms. The summed E-state index contributed by atoms with van der Waals surface area (Å²) < 4.78 is 11.6. The summed E-state index contributed by atoms with van der Waals surface area (Å²) in [5.74, 6) is 1.77. The number of hydrogen-bond acceptors (Lipinski definition) is 7. The summed E-state index contributed by atoms with van der Waals surface area (Å²) in [6, 6.07) is 0. The number of hydrogen-bond donors (Lipinski definition) is 2. The van der Waals surface area contributed by atoms with Crippen molar-refractivity contribution in [2.75, 3.05) is 19.8 Å². The van der Waals surface area contributed by atoms with Crippen LogP contribution in [0.3, 0.4) is 0 Å². The van der Waals surface area contributed by atoms with Gasteiger partial charge in [0.1, 0.15) is 11.9 Å². The molecule has 2 fully saturated rings. The van der Waals surface area contributed by atoms with E-state index in [0.717, 1.165) is 60.8 Å². The summed E-state index contributed by atoms with van der Waals surface area (Å²) in [4.78, 5) is 14.1. The van der Waals surface area contributed by atoms with Crippen LogP contribution in [0.1, 0.15) is 62.8 Å². The quantitative estimate of drug-likeness (QED) is 0.768. The van der Waals surface area contributed by atoms with Crippen LogP contribution in [0, 0.1) is 5.92 Å². The van der Waals surface area contributed by atoms with Crippen LogP contribution < -0.4 is 4.74 Å². The second kappa shape index (κ2) is 9.32. The third-order valence-corrected chi connectivity index (χ3v) is 6.09. The summed E-state index contributed by atoms with van der Waals surface area (Å²) >= 11 is 0. The molecule has 1 aliphatic heterocycles. The van der Waals surface area contributed by atoms with Gasteiger partial charge in [0.15, 0.2) is 0 Å². The highest BCUT2D eigenvalue weighted by molar-refractivity contribution is 5.85. The van der Waals surface area contributed by atoms with Gasteiger partial charge in [0.25, 0.3) is 0 Å². The molecule has 7 nitrogen and oxygen atoms in total. The van der Waals surface area contributed by atoms with Crippen LogP contribution >= 0.6 is 0 Å². The topological polar surface area (TPSA) is 97.6 Å². The van der Waals surface area contributed by atoms with Crippen molar-refractivity contribution in [2.45, 2.75) is 70.0 Å². The lowest BCUT2D eigenvalue weighted by atomic mass is 9.82. The van der Waals surface area contributed by atoms with Gasteiger partial charge in [0.05, 0.1) is 30.2 Å². The minimum atomic E-state index is -0.197. The molecule has 0 aromatic carbocycles. The first kappa shape index (κ1) is 20.4. The Kier molecular flexibility index (Phi) is 6.57. The molecule has 0 spiro atoms. The Morgan fingerprint density at radius 2 is 1.86 bits per heavy atom. The van der Waals surface area contributed by atoms with Gasteiger partial charge in [-0.2, -0.15) is 0 Å². The number of aliphatic hydroxyl groups excluding tert-OH is 2. The van der Waals surface area contributed by atoms with Crippen LogP contribution in [0.2, 0.25) is 0 Å². The van der Waals surface area contributed by atoms with Crippen molar-refractivity contribution in [3.05, 3.63) is 23.8 Å². The van der Waals surface area contributed by atoms with Gasteiger partial charge in [-0.3, -0.25) is 0 Å². The highest BCUT2D eigenvalue weighted by Gasteiger charge is 2.25. The summed E-state index contributed by atoms with van der Waals surface area (Å²) in [7, 11) is 0. The molecule has 2 N–H and O–H groups in total. The van der Waals surface area contributed by atoms with Crippen LogP contribution in [0.4, 0.5) is 0 Å². The summed E-state index contributed by atoms with van der Waals surface area (Å²) in [5.41, 5.74) is 2.02. The Balaban J connectivity index is 1.69. The van der Waals surface area contributed by atoms with E-state index in [-0.39, 0.29) is 24.7 Å². The van der Waals surface area contributed by atoms with Gasteiger partial charge in [-0.1, -0.05) is 6.92 Å². The first-order valence-corrected chi connectivity index (χ1v) is 10.8. The standard InChI is InChI=1S/C22H31N3O4/c1-14(13-26)10-20-23-12-19-21(25-20)18(15-2-4-16(27)5-3-15)11-24-22(19)29-17-6-8-28-9-7-17/h11-12,14-17,26-27H,2-10,13H2,1H3/t14-,15?,16?/m1/s1. The molecular formula is C22H31N3O4. The van der Waals surface area contributed by atoms with E-state index in [4.69, 9.17) is 14.5 Å². The van der Waals surface area contributed by atoms with Crippen molar-refractivity contribution in [1.82, 2.24) is 15.0 Å². The molecule has 0 amide bonds. The molecule has 4 rings (SSSR count). The highest BCUT2D eigenvalue weighted by atomic mass is 16.5. The predicted molar refractivity (Wildman–Crippen MR) is 109 cm³/mol. The van der Waals surface area contributed by atoms with Crippen molar-refractivity contribution in [1.29, 1.82) is 0 Å². The third-order valence-electron chi connectivity index (χ3n) is 6.09. The zero-order valence-electron chi connectivity index (χ0n) is 17.1. The fraction of sp³-hybridized carbons (Fsp3) is 0.682. The average molecular weight is 402 g/mol. The number of aliphatic hydroxyl groups is 2. The number of aromatic nitrogens is 3. The Bertz CT molecular complexity index is 817. The molecule has 2 aliphatic rings. The van der Waals surface area contributed by atoms with Crippen LogP contribution in [-0.2, 0) is 11.2 Å². The van der Waals surface area contributed by atoms with E-state index < -0.39 is 0 Å². The molecule has 1 aliphatic carbocycles. The minimum absolute atomic E-state index is 0.101.